The summed E-state index contributed by atoms with van der Waals surface area (Å²) in [5.41, 5.74) is 3.10. The number of benzene rings is 2. The normalized spacial score (nSPS) is 20.6. The van der Waals surface area contributed by atoms with E-state index < -0.39 is 16.0 Å². The Hall–Kier alpha value is -2.26. The zero-order valence-electron chi connectivity index (χ0n) is 18.5. The number of aliphatic carboxylic acids is 1. The van der Waals surface area contributed by atoms with E-state index >= 15 is 0 Å². The summed E-state index contributed by atoms with van der Waals surface area (Å²) in [5, 5.41) is 11.7. The molecule has 6 nitrogen and oxygen atoms in total. The molecule has 1 saturated heterocycles. The van der Waals surface area contributed by atoms with Crippen LogP contribution in [0.15, 0.2) is 52.7 Å². The van der Waals surface area contributed by atoms with Crippen molar-refractivity contribution >= 4 is 37.4 Å². The van der Waals surface area contributed by atoms with Crippen molar-refractivity contribution in [3.63, 3.8) is 0 Å². The number of carboxylic acid groups (broad SMARTS) is 1. The Balaban J connectivity index is 1.57. The molecule has 8 heteroatoms. The first-order valence-electron chi connectivity index (χ1n) is 10.7. The Kier molecular flexibility index (Phi) is 6.40. The zero-order valence-corrected chi connectivity index (χ0v) is 20.1. The van der Waals surface area contributed by atoms with Crippen LogP contribution in [0.25, 0.3) is 10.1 Å². The van der Waals surface area contributed by atoms with Gasteiger partial charge in [0, 0.05) is 36.4 Å². The van der Waals surface area contributed by atoms with E-state index in [4.69, 9.17) is 5.11 Å². The molecule has 2 atom stereocenters. The topological polar surface area (TPSA) is 77.9 Å². The molecule has 32 heavy (non-hydrogen) atoms. The van der Waals surface area contributed by atoms with Crippen molar-refractivity contribution in [2.75, 3.05) is 13.1 Å². The number of carboxylic acids is 1. The molecule has 0 aliphatic carbocycles. The quantitative estimate of drug-likeness (QED) is 0.584. The highest BCUT2D eigenvalue weighted by atomic mass is 32.2. The first-order valence-corrected chi connectivity index (χ1v) is 13.0. The van der Waals surface area contributed by atoms with Crippen molar-refractivity contribution in [1.29, 1.82) is 0 Å². The van der Waals surface area contributed by atoms with Crippen molar-refractivity contribution in [3.05, 3.63) is 64.5 Å². The van der Waals surface area contributed by atoms with Gasteiger partial charge in [0.1, 0.15) is 0 Å². The third kappa shape index (κ3) is 4.59. The van der Waals surface area contributed by atoms with Crippen LogP contribution < -0.4 is 0 Å². The second-order valence-electron chi connectivity index (χ2n) is 8.70. The van der Waals surface area contributed by atoms with E-state index in [1.54, 1.807) is 27.9 Å². The zero-order chi connectivity index (χ0) is 23.0. The highest BCUT2D eigenvalue weighted by Crippen LogP contribution is 2.32. The number of piperazine rings is 1. The Morgan fingerprint density at radius 1 is 1.09 bits per heavy atom. The second kappa shape index (κ2) is 8.94. The van der Waals surface area contributed by atoms with Crippen molar-refractivity contribution in [2.45, 2.75) is 50.7 Å². The minimum atomic E-state index is -3.71. The van der Waals surface area contributed by atoms with Crippen LogP contribution in [-0.4, -0.2) is 53.9 Å². The number of fused-ring (bicyclic) bond motifs is 1. The van der Waals surface area contributed by atoms with Gasteiger partial charge in [-0.2, -0.15) is 4.31 Å². The molecule has 1 aromatic heterocycles. The van der Waals surface area contributed by atoms with Gasteiger partial charge in [-0.1, -0.05) is 29.8 Å². The summed E-state index contributed by atoms with van der Waals surface area (Å²) < 4.78 is 29.7. The maximum absolute atomic E-state index is 13.6. The van der Waals surface area contributed by atoms with Gasteiger partial charge in [-0.15, -0.1) is 11.3 Å². The van der Waals surface area contributed by atoms with Gasteiger partial charge in [-0.3, -0.25) is 9.69 Å². The minimum Gasteiger partial charge on any atom is -0.481 e. The molecule has 2 heterocycles. The van der Waals surface area contributed by atoms with E-state index in [2.05, 4.69) is 36.1 Å². The van der Waals surface area contributed by atoms with Crippen LogP contribution in [0.4, 0.5) is 0 Å². The highest BCUT2D eigenvalue weighted by Gasteiger charge is 2.38. The molecule has 2 aromatic carbocycles. The number of aryl methyl sites for hydroxylation is 1. The lowest BCUT2D eigenvalue weighted by Gasteiger charge is -2.43. The first-order chi connectivity index (χ1) is 15.1. The molecule has 1 aliphatic heterocycles. The molecule has 3 aromatic rings. The van der Waals surface area contributed by atoms with Gasteiger partial charge in [0.05, 0.1) is 11.3 Å². The van der Waals surface area contributed by atoms with Gasteiger partial charge >= 0.3 is 5.97 Å². The molecule has 1 aliphatic rings. The summed E-state index contributed by atoms with van der Waals surface area (Å²) in [6.45, 7) is 8.07. The lowest BCUT2D eigenvalue weighted by atomic mass is 10.1. The number of rotatable bonds is 6. The van der Waals surface area contributed by atoms with E-state index in [0.717, 1.165) is 11.2 Å². The van der Waals surface area contributed by atoms with E-state index in [1.807, 2.05) is 13.8 Å². The van der Waals surface area contributed by atoms with E-state index in [0.29, 0.717) is 24.0 Å². The predicted molar refractivity (Wildman–Crippen MR) is 128 cm³/mol. The number of thiophene rings is 1. The molecule has 0 bridgehead atoms. The maximum Gasteiger partial charge on any atom is 0.307 e. The number of sulfonamides is 1. The predicted octanol–water partition coefficient (Wildman–Crippen LogP) is 4.12. The largest absolute Gasteiger partial charge is 0.481 e. The molecule has 1 fully saturated rings. The van der Waals surface area contributed by atoms with Gasteiger partial charge in [0.15, 0.2) is 0 Å². The Morgan fingerprint density at radius 3 is 2.38 bits per heavy atom. The van der Waals surface area contributed by atoms with Crippen LogP contribution >= 0.6 is 11.3 Å². The van der Waals surface area contributed by atoms with Crippen molar-refractivity contribution in [1.82, 2.24) is 9.21 Å². The molecule has 4 rings (SSSR count). The molecule has 0 unspecified atom stereocenters. The van der Waals surface area contributed by atoms with Crippen LogP contribution in [0.2, 0.25) is 0 Å². The van der Waals surface area contributed by atoms with Gasteiger partial charge in [-0.05, 0) is 60.9 Å². The fourth-order valence-corrected chi connectivity index (χ4v) is 7.39. The third-order valence-electron chi connectivity index (χ3n) is 5.98. The van der Waals surface area contributed by atoms with Crippen molar-refractivity contribution < 1.29 is 18.3 Å². The van der Waals surface area contributed by atoms with Crippen LogP contribution in [0, 0.1) is 6.92 Å². The molecule has 0 spiro atoms. The molecular weight excluding hydrogens is 444 g/mol. The summed E-state index contributed by atoms with van der Waals surface area (Å²) in [6, 6.07) is 13.1. The first kappa shape index (κ1) is 22.9. The summed E-state index contributed by atoms with van der Waals surface area (Å²) >= 11 is 1.44. The molecule has 170 valence electrons. The number of carbonyl (C=O) groups is 1. The molecule has 0 amide bonds. The lowest BCUT2D eigenvalue weighted by Crippen LogP contribution is -2.58. The Labute approximate surface area is 193 Å². The molecular formula is C24H28N2O4S2. The summed E-state index contributed by atoms with van der Waals surface area (Å²) in [6.07, 6.45) is -0.117. The summed E-state index contributed by atoms with van der Waals surface area (Å²) in [4.78, 5) is 13.7. The van der Waals surface area contributed by atoms with Crippen molar-refractivity contribution in [2.24, 2.45) is 0 Å². The Morgan fingerprint density at radius 2 is 1.75 bits per heavy atom. The van der Waals surface area contributed by atoms with Crippen LogP contribution in [-0.2, 0) is 27.8 Å². The Bertz CT molecular complexity index is 1220. The number of nitrogens with zero attached hydrogens (tertiary/aromatic N) is 2. The smallest absolute Gasteiger partial charge is 0.307 e. The summed E-state index contributed by atoms with van der Waals surface area (Å²) in [7, 11) is -3.71. The standard InChI is InChI=1S/C24H28N2O4S2/c1-16-4-6-19(7-5-16)14-25-12-17(2)26(18(3)13-25)32(29,30)21-8-9-23-22(11-21)20(15-31-23)10-24(27)28/h4-9,11,15,17-18H,10,12-14H2,1-3H3,(H,27,28)/t17-,18+. The SMILES string of the molecule is Cc1ccc(CN2C[C@@H](C)N(S(=O)(=O)c3ccc4scc(CC(=O)O)c4c3)[C@@H](C)C2)cc1. The van der Waals surface area contributed by atoms with E-state index in [9.17, 15) is 13.2 Å². The highest BCUT2D eigenvalue weighted by molar-refractivity contribution is 7.89. The molecule has 0 radical (unpaired) electrons. The summed E-state index contributed by atoms with van der Waals surface area (Å²) in [5.74, 6) is -0.926. The van der Waals surface area contributed by atoms with Crippen LogP contribution in [0.5, 0.6) is 0 Å². The monoisotopic (exact) mass is 472 g/mol. The lowest BCUT2D eigenvalue weighted by molar-refractivity contribution is -0.136. The van der Waals surface area contributed by atoms with Gasteiger partial charge in [0.2, 0.25) is 10.0 Å². The minimum absolute atomic E-state index is 0.117. The van der Waals surface area contributed by atoms with Crippen molar-refractivity contribution in [3.8, 4) is 0 Å². The number of hydrogen-bond acceptors (Lipinski definition) is 5. The fourth-order valence-electron chi connectivity index (χ4n) is 4.61. The average molecular weight is 473 g/mol. The average Bonchev–Trinajstić information content (AvgIpc) is 3.10. The maximum atomic E-state index is 13.6. The van der Waals surface area contributed by atoms with Gasteiger partial charge in [0.25, 0.3) is 0 Å². The van der Waals surface area contributed by atoms with Crippen LogP contribution in [0.1, 0.15) is 30.5 Å². The van der Waals surface area contributed by atoms with E-state index in [1.165, 1.54) is 22.5 Å². The van der Waals surface area contributed by atoms with Crippen LogP contribution in [0.3, 0.4) is 0 Å². The van der Waals surface area contributed by atoms with E-state index in [-0.39, 0.29) is 23.4 Å². The third-order valence-corrected chi connectivity index (χ3v) is 9.12. The number of hydrogen-bond donors (Lipinski definition) is 1. The van der Waals surface area contributed by atoms with Gasteiger partial charge < -0.3 is 5.11 Å². The fraction of sp³-hybridized carbons (Fsp3) is 0.375. The second-order valence-corrected chi connectivity index (χ2v) is 11.5. The molecule has 1 N–H and O–H groups in total. The molecule has 0 saturated carbocycles. The van der Waals surface area contributed by atoms with Gasteiger partial charge in [-0.25, -0.2) is 8.42 Å².